The van der Waals surface area contributed by atoms with Crippen molar-refractivity contribution < 1.29 is 19.1 Å². The number of amides is 1. The van der Waals surface area contributed by atoms with Gasteiger partial charge in [-0.3, -0.25) is 4.84 Å². The molecule has 0 aliphatic carbocycles. The number of carbonyl (C=O) groups excluding carboxylic acids is 1. The number of rotatable bonds is 7. The third-order valence-electron chi connectivity index (χ3n) is 3.86. The summed E-state index contributed by atoms with van der Waals surface area (Å²) in [7, 11) is 1.41. The van der Waals surface area contributed by atoms with E-state index in [1.54, 1.807) is 48.1 Å². The third-order valence-corrected chi connectivity index (χ3v) is 4.11. The number of halogens is 1. The van der Waals surface area contributed by atoms with E-state index in [1.807, 2.05) is 24.3 Å². The van der Waals surface area contributed by atoms with E-state index in [1.165, 1.54) is 7.11 Å². The van der Waals surface area contributed by atoms with E-state index in [9.17, 15) is 4.79 Å². The molecular weight excluding hydrogens is 382 g/mol. The van der Waals surface area contributed by atoms with E-state index in [4.69, 9.17) is 25.9 Å². The number of ether oxygens (including phenoxy) is 2. The van der Waals surface area contributed by atoms with Gasteiger partial charge in [0, 0.05) is 22.8 Å². The topological polar surface area (TPSA) is 65.8 Å². The van der Waals surface area contributed by atoms with Crippen LogP contribution in [0.1, 0.15) is 12.5 Å². The minimum Gasteiger partial charge on any atom is -0.472 e. The Bertz CT molecular complexity index is 927. The van der Waals surface area contributed by atoms with Crippen LogP contribution in [0.3, 0.4) is 0 Å². The quantitative estimate of drug-likeness (QED) is 0.540. The molecule has 3 rings (SSSR count). The van der Waals surface area contributed by atoms with Crippen LogP contribution in [0, 0.1) is 0 Å². The maximum Gasteiger partial charge on any atom is 0.438 e. The lowest BCUT2D eigenvalue weighted by atomic mass is 10.2. The molecule has 1 amide bonds. The van der Waals surface area contributed by atoms with Crippen molar-refractivity contribution in [2.24, 2.45) is 0 Å². The Morgan fingerprint density at radius 3 is 2.61 bits per heavy atom. The molecular formula is C20H20ClN3O4. The molecule has 8 heteroatoms. The number of hydroxylamine groups is 1. The van der Waals surface area contributed by atoms with E-state index in [-0.39, 0.29) is 13.2 Å². The van der Waals surface area contributed by atoms with Crippen molar-refractivity contribution in [3.8, 4) is 11.6 Å². The summed E-state index contributed by atoms with van der Waals surface area (Å²) in [5.74, 6) is 0.449. The molecule has 0 N–H and O–H groups in total. The molecule has 0 aliphatic rings. The Morgan fingerprint density at radius 2 is 1.89 bits per heavy atom. The fourth-order valence-corrected chi connectivity index (χ4v) is 2.68. The van der Waals surface area contributed by atoms with Gasteiger partial charge in [0.2, 0.25) is 5.88 Å². The van der Waals surface area contributed by atoms with Gasteiger partial charge in [0.25, 0.3) is 0 Å². The number of anilines is 1. The summed E-state index contributed by atoms with van der Waals surface area (Å²) in [6, 6.07) is 16.3. The number of nitrogens with zero attached hydrogens (tertiary/aromatic N) is 3. The maximum absolute atomic E-state index is 12.1. The number of benzene rings is 2. The molecule has 0 atom stereocenters. The highest BCUT2D eigenvalue weighted by molar-refractivity contribution is 6.30. The number of para-hydroxylation sites is 1. The van der Waals surface area contributed by atoms with E-state index in [0.29, 0.717) is 16.6 Å². The third kappa shape index (κ3) is 4.62. The van der Waals surface area contributed by atoms with Crippen LogP contribution >= 0.6 is 11.6 Å². The fraction of sp³-hybridized carbons (Fsp3) is 0.200. The summed E-state index contributed by atoms with van der Waals surface area (Å²) in [6.45, 7) is 2.18. The zero-order valence-corrected chi connectivity index (χ0v) is 16.3. The van der Waals surface area contributed by atoms with Crippen molar-refractivity contribution in [2.75, 3.05) is 18.8 Å². The second-order valence-electron chi connectivity index (χ2n) is 5.67. The fourth-order valence-electron chi connectivity index (χ4n) is 2.56. The Hall–Kier alpha value is -3.03. The Balaban J connectivity index is 1.73. The lowest BCUT2D eigenvalue weighted by Crippen LogP contribution is -2.31. The average molecular weight is 402 g/mol. The van der Waals surface area contributed by atoms with Crippen LogP contribution in [0.25, 0.3) is 5.69 Å². The second-order valence-corrected chi connectivity index (χ2v) is 6.10. The molecule has 2 aromatic carbocycles. The van der Waals surface area contributed by atoms with Crippen LogP contribution < -0.4 is 9.80 Å². The smallest absolute Gasteiger partial charge is 0.438 e. The first-order valence-corrected chi connectivity index (χ1v) is 9.03. The largest absolute Gasteiger partial charge is 0.472 e. The van der Waals surface area contributed by atoms with Gasteiger partial charge in [-0.2, -0.15) is 5.06 Å². The molecule has 0 spiro atoms. The Morgan fingerprint density at radius 1 is 1.14 bits per heavy atom. The number of hydrogen-bond donors (Lipinski definition) is 0. The molecule has 0 aliphatic heterocycles. The van der Waals surface area contributed by atoms with Crippen molar-refractivity contribution in [3.05, 3.63) is 71.4 Å². The summed E-state index contributed by atoms with van der Waals surface area (Å²) < 4.78 is 12.5. The van der Waals surface area contributed by atoms with Gasteiger partial charge >= 0.3 is 6.09 Å². The minimum atomic E-state index is -0.593. The molecule has 7 nitrogen and oxygen atoms in total. The number of hydrogen-bond acceptors (Lipinski definition) is 5. The Labute approximate surface area is 167 Å². The number of carbonyl (C=O) groups is 1. The maximum atomic E-state index is 12.1. The SMILES string of the molecule is CCOC(=O)N(OC)c1ccccc1COc1ccn(-c2ccc(Cl)cc2)n1. The van der Waals surface area contributed by atoms with Crippen LogP contribution in [-0.2, 0) is 16.2 Å². The Kier molecular flexibility index (Phi) is 6.52. The molecule has 0 saturated heterocycles. The molecule has 0 unspecified atom stereocenters. The zero-order chi connectivity index (χ0) is 19.9. The van der Waals surface area contributed by atoms with Gasteiger partial charge in [0.15, 0.2) is 0 Å². The van der Waals surface area contributed by atoms with Gasteiger partial charge in [-0.25, -0.2) is 9.48 Å². The van der Waals surface area contributed by atoms with Gasteiger partial charge in [-0.1, -0.05) is 29.8 Å². The van der Waals surface area contributed by atoms with Gasteiger partial charge in [0.1, 0.15) is 6.61 Å². The predicted octanol–water partition coefficient (Wildman–Crippen LogP) is 4.63. The first kappa shape index (κ1) is 19.7. The summed E-state index contributed by atoms with van der Waals surface area (Å²) in [5, 5.41) is 6.15. The van der Waals surface area contributed by atoms with Gasteiger partial charge < -0.3 is 9.47 Å². The van der Waals surface area contributed by atoms with Crippen molar-refractivity contribution in [1.29, 1.82) is 0 Å². The second kappa shape index (κ2) is 9.25. The zero-order valence-electron chi connectivity index (χ0n) is 15.5. The summed E-state index contributed by atoms with van der Waals surface area (Å²) in [5.41, 5.74) is 2.16. The molecule has 1 heterocycles. The van der Waals surface area contributed by atoms with E-state index in [0.717, 1.165) is 16.3 Å². The van der Waals surface area contributed by atoms with E-state index >= 15 is 0 Å². The highest BCUT2D eigenvalue weighted by atomic mass is 35.5. The van der Waals surface area contributed by atoms with Crippen molar-refractivity contribution in [3.63, 3.8) is 0 Å². The summed E-state index contributed by atoms with van der Waals surface area (Å²) in [6.07, 6.45) is 1.20. The lowest BCUT2D eigenvalue weighted by molar-refractivity contribution is 0.103. The van der Waals surface area contributed by atoms with Gasteiger partial charge in [0.05, 0.1) is 25.1 Å². The molecule has 0 radical (unpaired) electrons. The summed E-state index contributed by atoms with van der Waals surface area (Å²) >= 11 is 5.91. The van der Waals surface area contributed by atoms with Crippen molar-refractivity contribution in [2.45, 2.75) is 13.5 Å². The van der Waals surface area contributed by atoms with Crippen molar-refractivity contribution in [1.82, 2.24) is 9.78 Å². The lowest BCUT2D eigenvalue weighted by Gasteiger charge is -2.21. The summed E-state index contributed by atoms with van der Waals surface area (Å²) in [4.78, 5) is 17.3. The molecule has 0 saturated carbocycles. The number of aromatic nitrogens is 2. The van der Waals surface area contributed by atoms with Crippen LogP contribution in [0.15, 0.2) is 60.8 Å². The molecule has 28 heavy (non-hydrogen) atoms. The van der Waals surface area contributed by atoms with Gasteiger partial charge in [-0.05, 0) is 37.3 Å². The highest BCUT2D eigenvalue weighted by Gasteiger charge is 2.20. The normalized spacial score (nSPS) is 10.5. The average Bonchev–Trinajstić information content (AvgIpc) is 3.17. The van der Waals surface area contributed by atoms with E-state index in [2.05, 4.69) is 5.10 Å². The van der Waals surface area contributed by atoms with Crippen LogP contribution in [0.2, 0.25) is 5.02 Å². The standard InChI is InChI=1S/C20H20ClN3O4/c1-3-27-20(25)24(26-2)18-7-5-4-6-15(18)14-28-19-12-13-23(22-19)17-10-8-16(21)9-11-17/h4-13H,3,14H2,1-2H3. The van der Waals surface area contributed by atoms with E-state index < -0.39 is 6.09 Å². The van der Waals surface area contributed by atoms with Crippen molar-refractivity contribution >= 4 is 23.4 Å². The monoisotopic (exact) mass is 401 g/mol. The first-order valence-electron chi connectivity index (χ1n) is 8.65. The molecule has 3 aromatic rings. The highest BCUT2D eigenvalue weighted by Crippen LogP contribution is 2.23. The molecule has 0 fully saturated rings. The molecule has 1 aromatic heterocycles. The van der Waals surface area contributed by atoms with Crippen LogP contribution in [0.4, 0.5) is 10.5 Å². The predicted molar refractivity (Wildman–Crippen MR) is 106 cm³/mol. The molecule has 0 bridgehead atoms. The first-order chi connectivity index (χ1) is 13.6. The molecule has 146 valence electrons. The van der Waals surface area contributed by atoms with Gasteiger partial charge in [-0.15, -0.1) is 5.10 Å². The minimum absolute atomic E-state index is 0.201. The van der Waals surface area contributed by atoms with Crippen LogP contribution in [-0.4, -0.2) is 29.6 Å². The van der Waals surface area contributed by atoms with Crippen LogP contribution in [0.5, 0.6) is 5.88 Å².